The first-order valence-electron chi connectivity index (χ1n) is 6.97. The second-order valence-electron chi connectivity index (χ2n) is 5.51. The monoisotopic (exact) mass is 323 g/mol. The zero-order chi connectivity index (χ0) is 16.5. The molecule has 1 aliphatic rings. The van der Waals surface area contributed by atoms with Gasteiger partial charge in [0.05, 0.1) is 0 Å². The van der Waals surface area contributed by atoms with Crippen molar-refractivity contribution in [3.63, 3.8) is 0 Å². The summed E-state index contributed by atoms with van der Waals surface area (Å²) in [5.74, 6) is -0.822. The first-order chi connectivity index (χ1) is 10.3. The highest BCUT2D eigenvalue weighted by molar-refractivity contribution is 6.30. The Balaban J connectivity index is 2.06. The normalized spacial score (nSPS) is 21.0. The Kier molecular flexibility index (Phi) is 4.42. The molecule has 2 N–H and O–H groups in total. The third-order valence-corrected chi connectivity index (χ3v) is 4.05. The van der Waals surface area contributed by atoms with E-state index in [-0.39, 0.29) is 12.5 Å². The van der Waals surface area contributed by atoms with E-state index in [2.05, 4.69) is 10.6 Å². The molecule has 1 heterocycles. The fourth-order valence-electron chi connectivity index (χ4n) is 2.23. The quantitative estimate of drug-likeness (QED) is 0.835. The van der Waals surface area contributed by atoms with Crippen molar-refractivity contribution in [2.75, 3.05) is 11.9 Å². The molecule has 0 radical (unpaired) electrons. The molecule has 1 aliphatic heterocycles. The molecule has 0 bridgehead atoms. The fraction of sp³-hybridized carbons (Fsp3) is 0.400. The number of hydrogen-bond donors (Lipinski definition) is 2. The molecular weight excluding hydrogens is 306 g/mol. The van der Waals surface area contributed by atoms with E-state index in [9.17, 15) is 14.4 Å². The van der Waals surface area contributed by atoms with E-state index in [0.717, 1.165) is 10.5 Å². The van der Waals surface area contributed by atoms with Crippen LogP contribution < -0.4 is 10.6 Å². The predicted octanol–water partition coefficient (Wildman–Crippen LogP) is 2.31. The average Bonchev–Trinajstić information content (AvgIpc) is 2.66. The molecule has 1 aromatic carbocycles. The molecule has 1 atom stereocenters. The number of rotatable bonds is 4. The summed E-state index contributed by atoms with van der Waals surface area (Å²) in [6.07, 6.45) is 0.464. The molecule has 7 heteroatoms. The molecule has 118 valence electrons. The Morgan fingerprint density at radius 3 is 2.64 bits per heavy atom. The van der Waals surface area contributed by atoms with Crippen LogP contribution in [0, 0.1) is 6.92 Å². The van der Waals surface area contributed by atoms with E-state index in [1.165, 1.54) is 0 Å². The minimum Gasteiger partial charge on any atom is -0.324 e. The zero-order valence-electron chi connectivity index (χ0n) is 12.7. The van der Waals surface area contributed by atoms with Gasteiger partial charge < -0.3 is 10.6 Å². The molecule has 6 nitrogen and oxygen atoms in total. The summed E-state index contributed by atoms with van der Waals surface area (Å²) < 4.78 is 0. The minimum absolute atomic E-state index is 0.317. The van der Waals surface area contributed by atoms with Gasteiger partial charge in [0, 0.05) is 10.7 Å². The lowest BCUT2D eigenvalue weighted by molar-refractivity contribution is -0.133. The highest BCUT2D eigenvalue weighted by Crippen LogP contribution is 2.22. The third kappa shape index (κ3) is 3.06. The van der Waals surface area contributed by atoms with Crippen molar-refractivity contribution in [2.45, 2.75) is 32.7 Å². The Morgan fingerprint density at radius 1 is 1.41 bits per heavy atom. The molecule has 0 saturated carbocycles. The maximum absolute atomic E-state index is 12.2. The van der Waals surface area contributed by atoms with Crippen LogP contribution in [-0.2, 0) is 9.59 Å². The Hall–Kier alpha value is -2.08. The summed E-state index contributed by atoms with van der Waals surface area (Å²) >= 11 is 5.86. The van der Waals surface area contributed by atoms with Crippen molar-refractivity contribution < 1.29 is 14.4 Å². The van der Waals surface area contributed by atoms with Crippen LogP contribution in [0.2, 0.25) is 5.02 Å². The topological polar surface area (TPSA) is 78.5 Å². The zero-order valence-corrected chi connectivity index (χ0v) is 13.5. The molecular formula is C15H18ClN3O3. The second-order valence-corrected chi connectivity index (χ2v) is 5.95. The molecule has 22 heavy (non-hydrogen) atoms. The lowest BCUT2D eigenvalue weighted by Gasteiger charge is -2.19. The number of anilines is 1. The van der Waals surface area contributed by atoms with Gasteiger partial charge in [0.1, 0.15) is 12.1 Å². The highest BCUT2D eigenvalue weighted by Gasteiger charge is 2.46. The van der Waals surface area contributed by atoms with Crippen molar-refractivity contribution in [1.29, 1.82) is 0 Å². The van der Waals surface area contributed by atoms with Crippen LogP contribution in [0.1, 0.15) is 25.8 Å². The minimum atomic E-state index is -0.937. The van der Waals surface area contributed by atoms with Gasteiger partial charge in [-0.1, -0.05) is 18.5 Å². The molecule has 0 spiro atoms. The van der Waals surface area contributed by atoms with Gasteiger partial charge in [-0.05, 0) is 44.0 Å². The van der Waals surface area contributed by atoms with Crippen LogP contribution in [0.4, 0.5) is 10.5 Å². The van der Waals surface area contributed by atoms with Crippen molar-refractivity contribution >= 4 is 35.1 Å². The Labute approximate surface area is 133 Å². The standard InChI is InChI=1S/C15H18ClN3O3/c1-4-15(3)13(21)19(14(22)18-15)8-12(20)17-11-6-5-10(16)7-9(11)2/h5-7H,4,8H2,1-3H3,(H,17,20)(H,18,22)/t15-/m1/s1. The predicted molar refractivity (Wildman–Crippen MR) is 83.8 cm³/mol. The van der Waals surface area contributed by atoms with Gasteiger partial charge in [-0.15, -0.1) is 0 Å². The number of nitrogens with zero attached hydrogens (tertiary/aromatic N) is 1. The van der Waals surface area contributed by atoms with Gasteiger partial charge >= 0.3 is 6.03 Å². The van der Waals surface area contributed by atoms with Gasteiger partial charge in [0.25, 0.3) is 5.91 Å². The summed E-state index contributed by atoms with van der Waals surface area (Å²) in [5.41, 5.74) is 0.462. The van der Waals surface area contributed by atoms with Gasteiger partial charge in [0.15, 0.2) is 0 Å². The van der Waals surface area contributed by atoms with Crippen LogP contribution in [0.15, 0.2) is 18.2 Å². The third-order valence-electron chi connectivity index (χ3n) is 3.82. The van der Waals surface area contributed by atoms with Crippen molar-refractivity contribution in [2.24, 2.45) is 0 Å². The van der Waals surface area contributed by atoms with Crippen molar-refractivity contribution in [3.8, 4) is 0 Å². The van der Waals surface area contributed by atoms with E-state index in [1.807, 2.05) is 6.92 Å². The van der Waals surface area contributed by atoms with Gasteiger partial charge in [0.2, 0.25) is 5.91 Å². The number of halogens is 1. The number of aryl methyl sites for hydroxylation is 1. The summed E-state index contributed by atoms with van der Waals surface area (Å²) in [4.78, 5) is 37.1. The molecule has 0 aliphatic carbocycles. The number of carbonyl (C=O) groups is 3. The van der Waals surface area contributed by atoms with Crippen LogP contribution in [-0.4, -0.2) is 34.8 Å². The molecule has 1 saturated heterocycles. The van der Waals surface area contributed by atoms with E-state index >= 15 is 0 Å². The number of benzene rings is 1. The van der Waals surface area contributed by atoms with E-state index < -0.39 is 17.5 Å². The fourth-order valence-corrected chi connectivity index (χ4v) is 2.46. The largest absolute Gasteiger partial charge is 0.325 e. The first-order valence-corrected chi connectivity index (χ1v) is 7.35. The number of hydrogen-bond acceptors (Lipinski definition) is 3. The lowest BCUT2D eigenvalue weighted by Crippen LogP contribution is -2.44. The summed E-state index contributed by atoms with van der Waals surface area (Å²) in [6.45, 7) is 4.94. The number of nitrogens with one attached hydrogen (secondary N) is 2. The molecule has 0 aromatic heterocycles. The molecule has 2 rings (SSSR count). The summed E-state index contributed by atoms with van der Waals surface area (Å²) in [6, 6.07) is 4.51. The number of carbonyl (C=O) groups excluding carboxylic acids is 3. The Morgan fingerprint density at radius 2 is 2.09 bits per heavy atom. The molecule has 0 unspecified atom stereocenters. The van der Waals surface area contributed by atoms with Gasteiger partial charge in [-0.3, -0.25) is 14.5 Å². The maximum atomic E-state index is 12.2. The smallest absolute Gasteiger partial charge is 0.324 e. The SMILES string of the molecule is CC[C@@]1(C)NC(=O)N(CC(=O)Nc2ccc(Cl)cc2C)C1=O. The maximum Gasteiger partial charge on any atom is 0.325 e. The number of urea groups is 1. The average molecular weight is 324 g/mol. The lowest BCUT2D eigenvalue weighted by atomic mass is 9.99. The van der Waals surface area contributed by atoms with Crippen LogP contribution in [0.25, 0.3) is 0 Å². The number of imide groups is 1. The highest BCUT2D eigenvalue weighted by atomic mass is 35.5. The Bertz CT molecular complexity index is 647. The van der Waals surface area contributed by atoms with E-state index in [1.54, 1.807) is 32.0 Å². The van der Waals surface area contributed by atoms with Crippen LogP contribution in [0.5, 0.6) is 0 Å². The number of amides is 4. The van der Waals surface area contributed by atoms with Gasteiger partial charge in [-0.2, -0.15) is 0 Å². The van der Waals surface area contributed by atoms with Crippen molar-refractivity contribution in [3.05, 3.63) is 28.8 Å². The second kappa shape index (κ2) is 5.96. The van der Waals surface area contributed by atoms with Crippen molar-refractivity contribution in [1.82, 2.24) is 10.2 Å². The molecule has 4 amide bonds. The van der Waals surface area contributed by atoms with E-state index in [0.29, 0.717) is 17.1 Å². The molecule has 1 aromatic rings. The first kappa shape index (κ1) is 16.3. The van der Waals surface area contributed by atoms with Crippen LogP contribution in [0.3, 0.4) is 0 Å². The van der Waals surface area contributed by atoms with E-state index in [4.69, 9.17) is 11.6 Å². The van der Waals surface area contributed by atoms with Gasteiger partial charge in [-0.25, -0.2) is 4.79 Å². The summed E-state index contributed by atoms with van der Waals surface area (Å²) in [7, 11) is 0. The van der Waals surface area contributed by atoms with Crippen LogP contribution >= 0.6 is 11.6 Å². The molecule has 1 fully saturated rings. The summed E-state index contributed by atoms with van der Waals surface area (Å²) in [5, 5.41) is 5.86.